The highest BCUT2D eigenvalue weighted by molar-refractivity contribution is 6.06. The van der Waals surface area contributed by atoms with Crippen LogP contribution >= 0.6 is 0 Å². The number of carbonyl (C=O) groups is 2. The Bertz CT molecular complexity index is 1130. The summed E-state index contributed by atoms with van der Waals surface area (Å²) in [5, 5.41) is 9.80. The van der Waals surface area contributed by atoms with Gasteiger partial charge in [-0.15, -0.1) is 0 Å². The lowest BCUT2D eigenvalue weighted by Crippen LogP contribution is -2.30. The fourth-order valence-electron chi connectivity index (χ4n) is 3.87. The van der Waals surface area contributed by atoms with Crippen molar-refractivity contribution < 1.29 is 14.7 Å². The Hall–Kier alpha value is -3.41. The van der Waals surface area contributed by atoms with Crippen molar-refractivity contribution in [1.29, 1.82) is 0 Å². The maximum Gasteiger partial charge on any atom is 0.335 e. The first-order valence-electron chi connectivity index (χ1n) is 9.17. The van der Waals surface area contributed by atoms with Crippen LogP contribution in [0.5, 0.6) is 0 Å². The Morgan fingerprint density at radius 1 is 1.07 bits per heavy atom. The SMILES string of the molecule is Cn1c(=O)cc(C(=O)N2CCC(c3ccc(C(=O)O)cc3)C2)c2ccccc21. The number of amides is 1. The molecule has 2 aromatic carbocycles. The second-order valence-electron chi connectivity index (χ2n) is 7.14. The van der Waals surface area contributed by atoms with Crippen LogP contribution in [0.25, 0.3) is 10.9 Å². The summed E-state index contributed by atoms with van der Waals surface area (Å²) in [5.74, 6) is -0.935. The lowest BCUT2D eigenvalue weighted by molar-refractivity contribution is 0.0696. The lowest BCUT2D eigenvalue weighted by Gasteiger charge is -2.18. The van der Waals surface area contributed by atoms with Crippen molar-refractivity contribution in [3.05, 3.63) is 81.6 Å². The van der Waals surface area contributed by atoms with Crippen LogP contribution in [0.1, 0.15) is 38.6 Å². The number of aromatic carboxylic acids is 1. The van der Waals surface area contributed by atoms with E-state index < -0.39 is 5.97 Å². The van der Waals surface area contributed by atoms with Crippen LogP contribution in [-0.2, 0) is 7.05 Å². The molecular formula is C22H20N2O4. The number of aromatic nitrogens is 1. The number of carboxylic acid groups (broad SMARTS) is 1. The van der Waals surface area contributed by atoms with Gasteiger partial charge in [-0.1, -0.05) is 30.3 Å². The Morgan fingerprint density at radius 2 is 1.79 bits per heavy atom. The fourth-order valence-corrected chi connectivity index (χ4v) is 3.87. The molecular weight excluding hydrogens is 356 g/mol. The topological polar surface area (TPSA) is 79.6 Å². The van der Waals surface area contributed by atoms with Gasteiger partial charge in [-0.25, -0.2) is 4.79 Å². The first-order chi connectivity index (χ1) is 13.5. The van der Waals surface area contributed by atoms with Crippen molar-refractivity contribution >= 4 is 22.8 Å². The molecule has 0 spiro atoms. The molecule has 1 atom stereocenters. The van der Waals surface area contributed by atoms with Gasteiger partial charge in [0.05, 0.1) is 16.6 Å². The maximum absolute atomic E-state index is 13.1. The van der Waals surface area contributed by atoms with Crippen LogP contribution in [0.4, 0.5) is 0 Å². The number of likely N-dealkylation sites (tertiary alicyclic amines) is 1. The molecule has 0 saturated carbocycles. The van der Waals surface area contributed by atoms with Crippen molar-refractivity contribution in [3.63, 3.8) is 0 Å². The molecule has 142 valence electrons. The van der Waals surface area contributed by atoms with Gasteiger partial charge in [0.25, 0.3) is 11.5 Å². The molecule has 1 saturated heterocycles. The minimum Gasteiger partial charge on any atom is -0.478 e. The molecule has 1 aliphatic rings. The number of pyridine rings is 1. The van der Waals surface area contributed by atoms with E-state index in [-0.39, 0.29) is 22.9 Å². The van der Waals surface area contributed by atoms with Crippen LogP contribution in [0.2, 0.25) is 0 Å². The highest BCUT2D eigenvalue weighted by Crippen LogP contribution is 2.29. The monoisotopic (exact) mass is 376 g/mol. The van der Waals surface area contributed by atoms with Gasteiger partial charge in [0.1, 0.15) is 0 Å². The van der Waals surface area contributed by atoms with Gasteiger partial charge in [0.15, 0.2) is 0 Å². The van der Waals surface area contributed by atoms with E-state index in [4.69, 9.17) is 5.11 Å². The summed E-state index contributed by atoms with van der Waals surface area (Å²) >= 11 is 0. The van der Waals surface area contributed by atoms with Gasteiger partial charge < -0.3 is 14.6 Å². The van der Waals surface area contributed by atoms with Gasteiger partial charge in [-0.2, -0.15) is 0 Å². The molecule has 1 amide bonds. The number of rotatable bonds is 3. The zero-order chi connectivity index (χ0) is 19.8. The van der Waals surface area contributed by atoms with Gasteiger partial charge in [-0.05, 0) is 30.2 Å². The number of carbonyl (C=O) groups excluding carboxylic acids is 1. The average Bonchev–Trinajstić information content (AvgIpc) is 3.20. The number of hydrogen-bond acceptors (Lipinski definition) is 3. The molecule has 4 rings (SSSR count). The van der Waals surface area contributed by atoms with E-state index in [1.165, 1.54) is 6.07 Å². The zero-order valence-electron chi connectivity index (χ0n) is 15.5. The normalized spacial score (nSPS) is 16.5. The third-order valence-corrected chi connectivity index (χ3v) is 5.49. The summed E-state index contributed by atoms with van der Waals surface area (Å²) in [4.78, 5) is 38.2. The molecule has 1 fully saturated rings. The van der Waals surface area contributed by atoms with E-state index in [0.29, 0.717) is 18.7 Å². The van der Waals surface area contributed by atoms with E-state index in [1.807, 2.05) is 36.4 Å². The smallest absolute Gasteiger partial charge is 0.335 e. The van der Waals surface area contributed by atoms with Gasteiger partial charge in [0, 0.05) is 37.5 Å². The summed E-state index contributed by atoms with van der Waals surface area (Å²) in [6.45, 7) is 1.16. The molecule has 6 nitrogen and oxygen atoms in total. The first-order valence-corrected chi connectivity index (χ1v) is 9.17. The van der Waals surface area contributed by atoms with Crippen molar-refractivity contribution in [1.82, 2.24) is 9.47 Å². The third kappa shape index (κ3) is 3.07. The Kier molecular flexibility index (Phi) is 4.47. The number of hydrogen-bond donors (Lipinski definition) is 1. The van der Waals surface area contributed by atoms with Gasteiger partial charge in [-0.3, -0.25) is 9.59 Å². The number of aryl methyl sites for hydroxylation is 1. The summed E-state index contributed by atoms with van der Waals surface area (Å²) < 4.78 is 1.54. The van der Waals surface area contributed by atoms with Gasteiger partial charge in [0.2, 0.25) is 0 Å². The van der Waals surface area contributed by atoms with E-state index in [2.05, 4.69) is 0 Å². The van der Waals surface area contributed by atoms with E-state index in [1.54, 1.807) is 28.6 Å². The molecule has 6 heteroatoms. The van der Waals surface area contributed by atoms with E-state index in [0.717, 1.165) is 22.9 Å². The summed E-state index contributed by atoms with van der Waals surface area (Å²) in [6, 6.07) is 15.6. The molecule has 1 N–H and O–H groups in total. The molecule has 0 bridgehead atoms. The van der Waals surface area contributed by atoms with Crippen LogP contribution in [0.15, 0.2) is 59.4 Å². The predicted molar refractivity (Wildman–Crippen MR) is 106 cm³/mol. The standard InChI is InChI=1S/C22H20N2O4/c1-23-19-5-3-2-4-17(19)18(12-20(23)25)21(26)24-11-10-16(13-24)14-6-8-15(9-7-14)22(27)28/h2-9,12,16H,10-11,13H2,1H3,(H,27,28). The molecule has 2 heterocycles. The zero-order valence-corrected chi connectivity index (χ0v) is 15.5. The lowest BCUT2D eigenvalue weighted by atomic mass is 9.97. The minimum absolute atomic E-state index is 0.140. The second-order valence-corrected chi connectivity index (χ2v) is 7.14. The molecule has 3 aromatic rings. The van der Waals surface area contributed by atoms with Crippen LogP contribution in [-0.4, -0.2) is 39.5 Å². The number of fused-ring (bicyclic) bond motifs is 1. The Balaban J connectivity index is 1.60. The van der Waals surface area contributed by atoms with Crippen molar-refractivity contribution in [2.75, 3.05) is 13.1 Å². The van der Waals surface area contributed by atoms with Crippen molar-refractivity contribution in [3.8, 4) is 0 Å². The molecule has 28 heavy (non-hydrogen) atoms. The molecule has 0 radical (unpaired) electrons. The summed E-state index contributed by atoms with van der Waals surface area (Å²) in [6.07, 6.45) is 0.806. The quantitative estimate of drug-likeness (QED) is 0.762. The first kappa shape index (κ1) is 18.0. The molecule has 1 aromatic heterocycles. The summed E-state index contributed by atoms with van der Waals surface area (Å²) in [5.41, 5.74) is 2.23. The average molecular weight is 376 g/mol. The van der Waals surface area contributed by atoms with E-state index >= 15 is 0 Å². The predicted octanol–water partition coefficient (Wildman–Crippen LogP) is 2.87. The van der Waals surface area contributed by atoms with Gasteiger partial charge >= 0.3 is 5.97 Å². The minimum atomic E-state index is -0.952. The summed E-state index contributed by atoms with van der Waals surface area (Å²) in [7, 11) is 1.70. The number of benzene rings is 2. The highest BCUT2D eigenvalue weighted by atomic mass is 16.4. The Morgan fingerprint density at radius 3 is 2.50 bits per heavy atom. The molecule has 1 aliphatic heterocycles. The second kappa shape index (κ2) is 6.96. The third-order valence-electron chi connectivity index (χ3n) is 5.49. The van der Waals surface area contributed by atoms with Crippen molar-refractivity contribution in [2.45, 2.75) is 12.3 Å². The number of nitrogens with zero attached hydrogens (tertiary/aromatic N) is 2. The molecule has 0 aliphatic carbocycles. The fraction of sp³-hybridized carbons (Fsp3) is 0.227. The largest absolute Gasteiger partial charge is 0.478 e. The van der Waals surface area contributed by atoms with Crippen LogP contribution in [0.3, 0.4) is 0 Å². The number of carboxylic acids is 1. The van der Waals surface area contributed by atoms with Crippen LogP contribution in [0, 0.1) is 0 Å². The van der Waals surface area contributed by atoms with Crippen molar-refractivity contribution in [2.24, 2.45) is 7.05 Å². The maximum atomic E-state index is 13.1. The number of para-hydroxylation sites is 1. The Labute approximate surface area is 161 Å². The molecule has 1 unspecified atom stereocenters. The highest BCUT2D eigenvalue weighted by Gasteiger charge is 2.29. The van der Waals surface area contributed by atoms with E-state index in [9.17, 15) is 14.4 Å². The van der Waals surface area contributed by atoms with Crippen LogP contribution < -0.4 is 5.56 Å².